The summed E-state index contributed by atoms with van der Waals surface area (Å²) in [4.78, 5) is 2.01. The standard InChI is InChI=1S/C19H19F4NO2/c1-17(11-24(2)12-17)18(25,14-4-3-5-15(20)10-14)13-6-8-16(9-7-13)26-19(21,22)23/h3-10,25H,11-12H2,1-2H3/t18-/m1/s1. The van der Waals surface area contributed by atoms with Crippen LogP contribution < -0.4 is 4.74 Å². The van der Waals surface area contributed by atoms with Gasteiger partial charge in [0.1, 0.15) is 17.2 Å². The first-order chi connectivity index (χ1) is 12.0. The Hall–Kier alpha value is -2.12. The van der Waals surface area contributed by atoms with E-state index in [0.29, 0.717) is 24.2 Å². The van der Waals surface area contributed by atoms with E-state index in [1.807, 2.05) is 18.9 Å². The van der Waals surface area contributed by atoms with Gasteiger partial charge in [0, 0.05) is 18.5 Å². The summed E-state index contributed by atoms with van der Waals surface area (Å²) in [5.41, 5.74) is -1.44. The highest BCUT2D eigenvalue weighted by molar-refractivity contribution is 5.42. The number of alkyl halides is 3. The van der Waals surface area contributed by atoms with Crippen molar-refractivity contribution in [2.24, 2.45) is 5.41 Å². The molecule has 0 aromatic heterocycles. The van der Waals surface area contributed by atoms with Gasteiger partial charge in [-0.15, -0.1) is 13.2 Å². The lowest BCUT2D eigenvalue weighted by Crippen LogP contribution is -2.63. The second kappa shape index (κ2) is 6.25. The first-order valence-electron chi connectivity index (χ1n) is 8.07. The van der Waals surface area contributed by atoms with Crippen molar-refractivity contribution in [3.63, 3.8) is 0 Å². The molecule has 3 nitrogen and oxygen atoms in total. The molecule has 0 spiro atoms. The summed E-state index contributed by atoms with van der Waals surface area (Å²) in [7, 11) is 1.90. The first-order valence-corrected chi connectivity index (χ1v) is 8.07. The van der Waals surface area contributed by atoms with Crippen LogP contribution in [0, 0.1) is 11.2 Å². The maximum absolute atomic E-state index is 13.8. The molecule has 26 heavy (non-hydrogen) atoms. The maximum Gasteiger partial charge on any atom is 0.573 e. The van der Waals surface area contributed by atoms with Crippen molar-refractivity contribution in [3.8, 4) is 5.75 Å². The van der Waals surface area contributed by atoms with Gasteiger partial charge in [0.2, 0.25) is 0 Å². The van der Waals surface area contributed by atoms with E-state index in [-0.39, 0.29) is 5.75 Å². The summed E-state index contributed by atoms with van der Waals surface area (Å²) < 4.78 is 54.8. The second-order valence-corrected chi connectivity index (χ2v) is 7.03. The quantitative estimate of drug-likeness (QED) is 0.830. The van der Waals surface area contributed by atoms with Gasteiger partial charge in [-0.2, -0.15) is 0 Å². The zero-order valence-corrected chi connectivity index (χ0v) is 14.3. The minimum absolute atomic E-state index is 0.359. The minimum Gasteiger partial charge on any atom is -0.406 e. The van der Waals surface area contributed by atoms with E-state index in [1.54, 1.807) is 6.07 Å². The molecule has 140 valence electrons. The van der Waals surface area contributed by atoms with Gasteiger partial charge >= 0.3 is 6.36 Å². The van der Waals surface area contributed by atoms with Crippen LogP contribution in [0.3, 0.4) is 0 Å². The van der Waals surface area contributed by atoms with Crippen molar-refractivity contribution in [2.75, 3.05) is 20.1 Å². The molecule has 1 heterocycles. The monoisotopic (exact) mass is 369 g/mol. The molecule has 0 radical (unpaired) electrons. The Balaban J connectivity index is 2.04. The second-order valence-electron chi connectivity index (χ2n) is 7.03. The third-order valence-electron chi connectivity index (χ3n) is 4.86. The number of nitrogens with zero attached hydrogens (tertiary/aromatic N) is 1. The number of hydrogen-bond acceptors (Lipinski definition) is 3. The molecule has 1 aliphatic rings. The van der Waals surface area contributed by atoms with Crippen LogP contribution in [0.1, 0.15) is 18.1 Å². The predicted molar refractivity (Wildman–Crippen MR) is 88.1 cm³/mol. The van der Waals surface area contributed by atoms with Crippen LogP contribution in [-0.2, 0) is 5.60 Å². The highest BCUT2D eigenvalue weighted by Gasteiger charge is 2.55. The van der Waals surface area contributed by atoms with Crippen molar-refractivity contribution in [3.05, 3.63) is 65.5 Å². The van der Waals surface area contributed by atoms with E-state index < -0.39 is 23.2 Å². The Labute approximate surface area is 148 Å². The van der Waals surface area contributed by atoms with Gasteiger partial charge < -0.3 is 14.7 Å². The largest absolute Gasteiger partial charge is 0.573 e. The van der Waals surface area contributed by atoms with Crippen LogP contribution >= 0.6 is 0 Å². The Morgan fingerprint density at radius 3 is 2.15 bits per heavy atom. The molecule has 1 fully saturated rings. The average molecular weight is 369 g/mol. The maximum atomic E-state index is 13.8. The molecule has 1 N–H and O–H groups in total. The molecule has 2 aromatic rings. The fourth-order valence-corrected chi connectivity index (χ4v) is 3.85. The summed E-state index contributed by atoms with van der Waals surface area (Å²) in [6.07, 6.45) is -4.79. The third kappa shape index (κ3) is 3.29. The Morgan fingerprint density at radius 2 is 1.65 bits per heavy atom. The molecule has 7 heteroatoms. The van der Waals surface area contributed by atoms with Crippen molar-refractivity contribution in [1.82, 2.24) is 4.90 Å². The molecule has 1 aliphatic heterocycles. The summed E-state index contributed by atoms with van der Waals surface area (Å²) in [5.74, 6) is -0.868. The van der Waals surface area contributed by atoms with Gasteiger partial charge in [0.25, 0.3) is 0 Å². The van der Waals surface area contributed by atoms with Crippen LogP contribution in [-0.4, -0.2) is 36.5 Å². The number of aliphatic hydroxyl groups is 1. The van der Waals surface area contributed by atoms with Gasteiger partial charge in [0.05, 0.1) is 0 Å². The lowest BCUT2D eigenvalue weighted by Gasteiger charge is -2.56. The van der Waals surface area contributed by atoms with Crippen molar-refractivity contribution >= 4 is 0 Å². The van der Waals surface area contributed by atoms with E-state index in [0.717, 1.165) is 12.1 Å². The molecule has 0 unspecified atom stereocenters. The lowest BCUT2D eigenvalue weighted by atomic mass is 9.62. The Bertz CT molecular complexity index is 785. The summed E-state index contributed by atoms with van der Waals surface area (Å²) in [6.45, 7) is 2.99. The molecule has 0 aliphatic carbocycles. The Kier molecular flexibility index (Phi) is 4.48. The number of rotatable bonds is 4. The minimum atomic E-state index is -4.79. The molecule has 0 amide bonds. The molecule has 1 atom stereocenters. The van der Waals surface area contributed by atoms with E-state index in [2.05, 4.69) is 4.74 Å². The number of halogens is 4. The fourth-order valence-electron chi connectivity index (χ4n) is 3.85. The van der Waals surface area contributed by atoms with Gasteiger partial charge in [-0.25, -0.2) is 4.39 Å². The van der Waals surface area contributed by atoms with Crippen molar-refractivity contribution < 1.29 is 27.4 Å². The highest BCUT2D eigenvalue weighted by atomic mass is 19.4. The van der Waals surface area contributed by atoms with E-state index in [1.165, 1.54) is 30.3 Å². The summed E-state index contributed by atoms with van der Waals surface area (Å²) in [6, 6.07) is 10.7. The third-order valence-corrected chi connectivity index (χ3v) is 4.86. The van der Waals surface area contributed by atoms with Crippen molar-refractivity contribution in [2.45, 2.75) is 18.9 Å². The molecule has 0 bridgehead atoms. The van der Waals surface area contributed by atoms with Gasteiger partial charge in [0.15, 0.2) is 0 Å². The zero-order valence-electron chi connectivity index (χ0n) is 14.3. The van der Waals surface area contributed by atoms with E-state index in [9.17, 15) is 22.7 Å². The topological polar surface area (TPSA) is 32.7 Å². The lowest BCUT2D eigenvalue weighted by molar-refractivity contribution is -0.274. The highest BCUT2D eigenvalue weighted by Crippen LogP contribution is 2.50. The normalized spacial score (nSPS) is 19.5. The summed E-state index contributed by atoms with van der Waals surface area (Å²) in [5, 5.41) is 11.6. The van der Waals surface area contributed by atoms with Crippen LogP contribution in [0.2, 0.25) is 0 Å². The van der Waals surface area contributed by atoms with Gasteiger partial charge in [-0.1, -0.05) is 31.2 Å². The van der Waals surface area contributed by atoms with Crippen LogP contribution in [0.25, 0.3) is 0 Å². The fraction of sp³-hybridized carbons (Fsp3) is 0.368. The van der Waals surface area contributed by atoms with Gasteiger partial charge in [-0.05, 0) is 42.4 Å². The predicted octanol–water partition coefficient (Wildman–Crippen LogP) is 3.91. The van der Waals surface area contributed by atoms with Crippen LogP contribution in [0.15, 0.2) is 48.5 Å². The molecular formula is C19H19F4NO2. The van der Waals surface area contributed by atoms with Crippen LogP contribution in [0.5, 0.6) is 5.75 Å². The molecule has 1 saturated heterocycles. The summed E-state index contributed by atoms with van der Waals surface area (Å²) >= 11 is 0. The van der Waals surface area contributed by atoms with E-state index in [4.69, 9.17) is 0 Å². The van der Waals surface area contributed by atoms with Crippen LogP contribution in [0.4, 0.5) is 17.6 Å². The number of ether oxygens (including phenoxy) is 1. The number of benzene rings is 2. The molecule has 2 aromatic carbocycles. The molecule has 3 rings (SSSR count). The molecule has 0 saturated carbocycles. The number of likely N-dealkylation sites (tertiary alicyclic amines) is 1. The van der Waals surface area contributed by atoms with E-state index >= 15 is 0 Å². The SMILES string of the molecule is CN1CC(C)([C@@](O)(c2ccc(OC(F)(F)F)cc2)c2cccc(F)c2)C1. The molecular weight excluding hydrogens is 350 g/mol. The Morgan fingerprint density at radius 1 is 1.04 bits per heavy atom. The van der Waals surface area contributed by atoms with Gasteiger partial charge in [-0.3, -0.25) is 0 Å². The zero-order chi connectivity index (χ0) is 19.2. The average Bonchev–Trinajstić information content (AvgIpc) is 2.52. The van der Waals surface area contributed by atoms with Crippen molar-refractivity contribution in [1.29, 1.82) is 0 Å². The smallest absolute Gasteiger partial charge is 0.406 e. The number of hydrogen-bond donors (Lipinski definition) is 1. The first kappa shape index (κ1) is 18.7.